The van der Waals surface area contributed by atoms with Crippen molar-refractivity contribution in [1.82, 2.24) is 20.4 Å². The summed E-state index contributed by atoms with van der Waals surface area (Å²) in [6, 6.07) is 1.67. The van der Waals surface area contributed by atoms with Crippen LogP contribution in [0.4, 0.5) is 0 Å². The molecule has 2 rings (SSSR count). The highest BCUT2D eigenvalue weighted by molar-refractivity contribution is 5.96. The van der Waals surface area contributed by atoms with Gasteiger partial charge in [0.05, 0.1) is 11.7 Å². The van der Waals surface area contributed by atoms with E-state index in [1.54, 1.807) is 12.3 Å². The fourth-order valence-corrected chi connectivity index (χ4v) is 1.23. The highest BCUT2D eigenvalue weighted by atomic mass is 16.7. The van der Waals surface area contributed by atoms with Crippen molar-refractivity contribution in [1.29, 1.82) is 0 Å². The molecule has 88 valence electrons. The fraction of sp³-hybridized carbons (Fsp3) is 0.273. The van der Waals surface area contributed by atoms with Crippen LogP contribution in [-0.2, 0) is 4.84 Å². The zero-order valence-corrected chi connectivity index (χ0v) is 9.54. The Hall–Kier alpha value is -2.08. The summed E-state index contributed by atoms with van der Waals surface area (Å²) in [6.07, 6.45) is 4.40. The topological polar surface area (TPSA) is 77.0 Å². The Morgan fingerprint density at radius 1 is 1.35 bits per heavy atom. The van der Waals surface area contributed by atoms with Crippen LogP contribution in [0.25, 0.3) is 11.0 Å². The van der Waals surface area contributed by atoms with E-state index in [1.165, 1.54) is 12.5 Å². The minimum atomic E-state index is -0.336. The first-order valence-electron chi connectivity index (χ1n) is 5.18. The highest BCUT2D eigenvalue weighted by Crippen LogP contribution is 2.08. The van der Waals surface area contributed by atoms with Crippen molar-refractivity contribution in [2.24, 2.45) is 0 Å². The highest BCUT2D eigenvalue weighted by Gasteiger charge is 2.08. The predicted molar refractivity (Wildman–Crippen MR) is 61.0 cm³/mol. The van der Waals surface area contributed by atoms with Gasteiger partial charge in [-0.15, -0.1) is 0 Å². The summed E-state index contributed by atoms with van der Waals surface area (Å²) in [6.45, 7) is 3.65. The van der Waals surface area contributed by atoms with Gasteiger partial charge in [0.15, 0.2) is 5.65 Å². The maximum atomic E-state index is 11.7. The molecule has 0 radical (unpaired) electrons. The van der Waals surface area contributed by atoms with Crippen LogP contribution >= 0.6 is 0 Å². The average molecular weight is 232 g/mol. The third kappa shape index (κ3) is 2.73. The molecule has 6 heteroatoms. The first-order chi connectivity index (χ1) is 8.16. The molecule has 0 bridgehead atoms. The van der Waals surface area contributed by atoms with E-state index < -0.39 is 0 Å². The number of aromatic nitrogens is 3. The Bertz CT molecular complexity index is 542. The Morgan fingerprint density at radius 3 is 2.94 bits per heavy atom. The van der Waals surface area contributed by atoms with E-state index in [-0.39, 0.29) is 12.0 Å². The second kappa shape index (κ2) is 4.84. The maximum Gasteiger partial charge on any atom is 0.276 e. The lowest BCUT2D eigenvalue weighted by Crippen LogP contribution is -2.27. The van der Waals surface area contributed by atoms with Crippen molar-refractivity contribution < 1.29 is 9.63 Å². The number of pyridine rings is 1. The SMILES string of the molecule is CC(C)ONC(=O)c1cnc2ncncc2c1. The molecule has 2 aromatic heterocycles. The third-order valence-electron chi connectivity index (χ3n) is 2.00. The largest absolute Gasteiger partial charge is 0.276 e. The standard InChI is InChI=1S/C11H12N4O2/c1-7(2)17-15-11(16)9-3-8-4-12-6-14-10(8)13-5-9/h3-7H,1-2H3,(H,15,16). The van der Waals surface area contributed by atoms with Gasteiger partial charge in [-0.3, -0.25) is 9.63 Å². The van der Waals surface area contributed by atoms with Crippen molar-refractivity contribution in [2.75, 3.05) is 0 Å². The molecule has 0 unspecified atom stereocenters. The lowest BCUT2D eigenvalue weighted by molar-refractivity contribution is 0.000177. The van der Waals surface area contributed by atoms with Gasteiger partial charge >= 0.3 is 0 Å². The summed E-state index contributed by atoms with van der Waals surface area (Å²) in [7, 11) is 0. The fourth-order valence-electron chi connectivity index (χ4n) is 1.23. The Balaban J connectivity index is 2.21. The molecule has 0 saturated carbocycles. The van der Waals surface area contributed by atoms with E-state index in [0.29, 0.717) is 16.6 Å². The number of fused-ring (bicyclic) bond motifs is 1. The van der Waals surface area contributed by atoms with Crippen LogP contribution in [0.3, 0.4) is 0 Å². The Morgan fingerprint density at radius 2 is 2.18 bits per heavy atom. The van der Waals surface area contributed by atoms with Crippen LogP contribution in [0.2, 0.25) is 0 Å². The summed E-state index contributed by atoms with van der Waals surface area (Å²) < 4.78 is 0. The van der Waals surface area contributed by atoms with Gasteiger partial charge in [-0.1, -0.05) is 0 Å². The number of carbonyl (C=O) groups is 1. The molecule has 0 aliphatic rings. The molecule has 0 aliphatic heterocycles. The number of hydrogen-bond acceptors (Lipinski definition) is 5. The molecule has 0 aliphatic carbocycles. The minimum Gasteiger partial charge on any atom is -0.271 e. The lowest BCUT2D eigenvalue weighted by atomic mass is 10.2. The van der Waals surface area contributed by atoms with Gasteiger partial charge < -0.3 is 0 Å². The number of hydrogen-bond donors (Lipinski definition) is 1. The molecule has 17 heavy (non-hydrogen) atoms. The van der Waals surface area contributed by atoms with E-state index in [4.69, 9.17) is 4.84 Å². The number of nitrogens with zero attached hydrogens (tertiary/aromatic N) is 3. The molecule has 0 atom stereocenters. The Kier molecular flexibility index (Phi) is 3.24. The van der Waals surface area contributed by atoms with Crippen LogP contribution in [0.15, 0.2) is 24.8 Å². The molecule has 0 saturated heterocycles. The maximum absolute atomic E-state index is 11.7. The lowest BCUT2D eigenvalue weighted by Gasteiger charge is -2.08. The molecule has 0 fully saturated rings. The monoisotopic (exact) mass is 232 g/mol. The van der Waals surface area contributed by atoms with Gasteiger partial charge in [0.1, 0.15) is 6.33 Å². The van der Waals surface area contributed by atoms with E-state index >= 15 is 0 Å². The van der Waals surface area contributed by atoms with Gasteiger partial charge in [0, 0.05) is 17.8 Å². The van der Waals surface area contributed by atoms with E-state index in [9.17, 15) is 4.79 Å². The molecular weight excluding hydrogens is 220 g/mol. The van der Waals surface area contributed by atoms with E-state index in [2.05, 4.69) is 20.4 Å². The van der Waals surface area contributed by atoms with E-state index in [0.717, 1.165) is 0 Å². The van der Waals surface area contributed by atoms with Crippen LogP contribution in [0.1, 0.15) is 24.2 Å². The molecular formula is C11H12N4O2. The summed E-state index contributed by atoms with van der Waals surface area (Å²) in [5, 5.41) is 0.713. The van der Waals surface area contributed by atoms with Gasteiger partial charge in [0.2, 0.25) is 0 Å². The zero-order valence-electron chi connectivity index (χ0n) is 9.54. The van der Waals surface area contributed by atoms with E-state index in [1.807, 2.05) is 13.8 Å². The van der Waals surface area contributed by atoms with Crippen molar-refractivity contribution in [3.8, 4) is 0 Å². The van der Waals surface area contributed by atoms with Crippen molar-refractivity contribution in [2.45, 2.75) is 20.0 Å². The molecule has 2 heterocycles. The van der Waals surface area contributed by atoms with Crippen LogP contribution in [0, 0.1) is 0 Å². The molecule has 0 spiro atoms. The summed E-state index contributed by atoms with van der Waals surface area (Å²) in [4.78, 5) is 28.6. The number of rotatable bonds is 3. The first kappa shape index (κ1) is 11.4. The number of nitrogens with one attached hydrogen (secondary N) is 1. The van der Waals surface area contributed by atoms with Crippen LogP contribution in [0.5, 0.6) is 0 Å². The van der Waals surface area contributed by atoms with Gasteiger partial charge in [0.25, 0.3) is 5.91 Å². The second-order valence-electron chi connectivity index (χ2n) is 3.76. The van der Waals surface area contributed by atoms with Crippen molar-refractivity contribution in [3.63, 3.8) is 0 Å². The van der Waals surface area contributed by atoms with Crippen molar-refractivity contribution >= 4 is 16.9 Å². The Labute approximate surface area is 98.0 Å². The number of carbonyl (C=O) groups excluding carboxylic acids is 1. The summed E-state index contributed by atoms with van der Waals surface area (Å²) >= 11 is 0. The molecule has 6 nitrogen and oxygen atoms in total. The summed E-state index contributed by atoms with van der Waals surface area (Å²) in [5.41, 5.74) is 3.31. The second-order valence-corrected chi connectivity index (χ2v) is 3.76. The smallest absolute Gasteiger partial charge is 0.271 e. The quantitative estimate of drug-likeness (QED) is 0.802. The molecule has 0 aromatic carbocycles. The zero-order chi connectivity index (χ0) is 12.3. The van der Waals surface area contributed by atoms with Crippen LogP contribution < -0.4 is 5.48 Å². The van der Waals surface area contributed by atoms with Crippen LogP contribution in [-0.4, -0.2) is 27.0 Å². The molecule has 2 aromatic rings. The van der Waals surface area contributed by atoms with Crippen molar-refractivity contribution in [3.05, 3.63) is 30.4 Å². The first-order valence-corrected chi connectivity index (χ1v) is 5.18. The van der Waals surface area contributed by atoms with Gasteiger partial charge in [-0.2, -0.15) is 0 Å². The summed E-state index contributed by atoms with van der Waals surface area (Å²) in [5.74, 6) is -0.336. The normalized spacial score (nSPS) is 10.8. The molecule has 1 amide bonds. The van der Waals surface area contributed by atoms with Gasteiger partial charge in [-0.25, -0.2) is 20.4 Å². The molecule has 1 N–H and O–H groups in total. The predicted octanol–water partition coefficient (Wildman–Crippen LogP) is 1.09. The number of hydroxylamine groups is 1. The van der Waals surface area contributed by atoms with Gasteiger partial charge in [-0.05, 0) is 19.9 Å². The minimum absolute atomic E-state index is 0.0734. The third-order valence-corrected chi connectivity index (χ3v) is 2.00. The average Bonchev–Trinajstić information content (AvgIpc) is 2.35. The number of amides is 1.